The Hall–Kier alpha value is -3.38. The smallest absolute Gasteiger partial charge is 0.349 e. The first-order chi connectivity index (χ1) is 13.0. The number of aliphatic hydroxyl groups is 1. The summed E-state index contributed by atoms with van der Waals surface area (Å²) in [7, 11) is 0. The van der Waals surface area contributed by atoms with Gasteiger partial charge in [-0.3, -0.25) is 4.79 Å². The highest BCUT2D eigenvalue weighted by Crippen LogP contribution is 2.31. The molecule has 27 heavy (non-hydrogen) atoms. The second kappa shape index (κ2) is 6.41. The predicted octanol–water partition coefficient (Wildman–Crippen LogP) is 2.94. The van der Waals surface area contributed by atoms with Crippen molar-refractivity contribution in [2.24, 2.45) is 0 Å². The zero-order valence-electron chi connectivity index (χ0n) is 14.9. The van der Waals surface area contributed by atoms with Crippen LogP contribution in [0.1, 0.15) is 38.6 Å². The summed E-state index contributed by atoms with van der Waals surface area (Å²) in [4.78, 5) is 26.9. The number of carbonyl (C=O) groups excluding carboxylic acids is 1. The minimum absolute atomic E-state index is 0.0169. The Kier molecular flexibility index (Phi) is 4.05. The number of cyclic esters (lactones) is 1. The van der Waals surface area contributed by atoms with Crippen LogP contribution in [0.25, 0.3) is 17.5 Å². The van der Waals surface area contributed by atoms with Gasteiger partial charge in [-0.1, -0.05) is 18.2 Å². The number of para-hydroxylation sites is 1. The summed E-state index contributed by atoms with van der Waals surface area (Å²) >= 11 is 0. The molecule has 3 aromatic rings. The molecule has 136 valence electrons. The van der Waals surface area contributed by atoms with Crippen molar-refractivity contribution in [2.45, 2.75) is 20.5 Å². The summed E-state index contributed by atoms with van der Waals surface area (Å²) < 4.78 is 7.27. The molecule has 0 radical (unpaired) electrons. The third-order valence-electron chi connectivity index (χ3n) is 4.63. The van der Waals surface area contributed by atoms with E-state index in [4.69, 9.17) is 4.74 Å². The Labute approximate surface area is 155 Å². The molecular weight excluding hydrogens is 344 g/mol. The number of carbonyl (C=O) groups is 1. The van der Waals surface area contributed by atoms with Gasteiger partial charge in [0.25, 0.3) is 5.56 Å². The topological polar surface area (TPSA) is 84.3 Å². The zero-order valence-corrected chi connectivity index (χ0v) is 14.9. The summed E-state index contributed by atoms with van der Waals surface area (Å²) in [6, 6.07) is 13.2. The molecule has 0 bridgehead atoms. The van der Waals surface area contributed by atoms with Crippen LogP contribution in [0.5, 0.6) is 0 Å². The maximum absolute atomic E-state index is 12.1. The number of ether oxygens (including phenoxy) is 1. The van der Waals surface area contributed by atoms with Gasteiger partial charge in [-0.2, -0.15) is 0 Å². The van der Waals surface area contributed by atoms with Gasteiger partial charge in [0, 0.05) is 34.4 Å². The van der Waals surface area contributed by atoms with E-state index in [9.17, 15) is 14.7 Å². The summed E-state index contributed by atoms with van der Waals surface area (Å²) in [6.07, 6.45) is 1.72. The predicted molar refractivity (Wildman–Crippen MR) is 102 cm³/mol. The Morgan fingerprint density at radius 2 is 1.93 bits per heavy atom. The molecular formula is C21H18N2O4. The monoisotopic (exact) mass is 362 g/mol. The third kappa shape index (κ3) is 2.80. The Balaban J connectivity index is 1.91. The molecule has 0 unspecified atom stereocenters. The van der Waals surface area contributed by atoms with E-state index in [0.29, 0.717) is 22.7 Å². The molecule has 0 spiro atoms. The maximum Gasteiger partial charge on any atom is 0.349 e. The van der Waals surface area contributed by atoms with E-state index in [-0.39, 0.29) is 12.2 Å². The molecule has 6 nitrogen and oxygen atoms in total. The Bertz CT molecular complexity index is 1150. The molecule has 0 amide bonds. The summed E-state index contributed by atoms with van der Waals surface area (Å²) in [5, 5.41) is 9.75. The molecule has 2 N–H and O–H groups in total. The number of aromatic nitrogens is 2. The number of rotatable bonds is 3. The molecule has 6 heteroatoms. The number of H-pyrrole nitrogens is 1. The summed E-state index contributed by atoms with van der Waals surface area (Å²) in [6.45, 7) is 3.61. The van der Waals surface area contributed by atoms with Gasteiger partial charge in [-0.25, -0.2) is 4.79 Å². The number of hydrogen-bond donors (Lipinski definition) is 2. The normalized spacial score (nSPS) is 14.5. The number of hydrogen-bond acceptors (Lipinski definition) is 4. The van der Waals surface area contributed by atoms with Crippen molar-refractivity contribution >= 4 is 17.8 Å². The quantitative estimate of drug-likeness (QED) is 0.702. The standard InChI is InChI=1S/C21H18N2O4/c1-12-5-3-4-6-17(12)23-14(7-8-15(23)11-24)10-18-16-9-13(2)22-20(25)19(16)21(26)27-18/h3-10,24H,11H2,1-2H3,(H,22,25)/b18-10-. The lowest BCUT2D eigenvalue weighted by Crippen LogP contribution is -2.16. The van der Waals surface area contributed by atoms with Crippen LogP contribution >= 0.6 is 0 Å². The van der Waals surface area contributed by atoms with Gasteiger partial charge in [0.2, 0.25) is 0 Å². The largest absolute Gasteiger partial charge is 0.422 e. The Morgan fingerprint density at radius 1 is 1.15 bits per heavy atom. The first-order valence-corrected chi connectivity index (χ1v) is 8.55. The van der Waals surface area contributed by atoms with Gasteiger partial charge in [-0.15, -0.1) is 0 Å². The lowest BCUT2D eigenvalue weighted by molar-refractivity contribution is 0.0715. The van der Waals surface area contributed by atoms with Crippen LogP contribution in [0, 0.1) is 13.8 Å². The lowest BCUT2D eigenvalue weighted by Gasteiger charge is -2.13. The van der Waals surface area contributed by atoms with E-state index >= 15 is 0 Å². The molecule has 0 saturated carbocycles. The van der Waals surface area contributed by atoms with E-state index in [0.717, 1.165) is 16.9 Å². The van der Waals surface area contributed by atoms with Crippen LogP contribution in [0.3, 0.4) is 0 Å². The number of aromatic amines is 1. The highest BCUT2D eigenvalue weighted by molar-refractivity contribution is 6.05. The second-order valence-corrected chi connectivity index (χ2v) is 6.50. The fourth-order valence-corrected chi connectivity index (χ4v) is 3.37. The number of esters is 1. The molecule has 3 heterocycles. The van der Waals surface area contributed by atoms with E-state index in [1.54, 1.807) is 19.1 Å². The number of aliphatic hydroxyl groups excluding tert-OH is 1. The van der Waals surface area contributed by atoms with Gasteiger partial charge < -0.3 is 19.4 Å². The van der Waals surface area contributed by atoms with E-state index < -0.39 is 11.5 Å². The summed E-state index contributed by atoms with van der Waals surface area (Å²) in [5.74, 6) is -0.337. The van der Waals surface area contributed by atoms with Crippen molar-refractivity contribution in [3.8, 4) is 5.69 Å². The zero-order chi connectivity index (χ0) is 19.1. The molecule has 2 aromatic heterocycles. The fraction of sp³-hybridized carbons (Fsp3) is 0.143. The van der Waals surface area contributed by atoms with Crippen molar-refractivity contribution < 1.29 is 14.6 Å². The van der Waals surface area contributed by atoms with E-state index in [2.05, 4.69) is 4.98 Å². The first kappa shape index (κ1) is 17.1. The van der Waals surface area contributed by atoms with Gasteiger partial charge in [0.1, 0.15) is 11.3 Å². The minimum Gasteiger partial charge on any atom is -0.422 e. The molecule has 0 fully saturated rings. The van der Waals surface area contributed by atoms with E-state index in [1.165, 1.54) is 0 Å². The minimum atomic E-state index is -0.658. The molecule has 0 saturated heterocycles. The molecule has 1 aliphatic heterocycles. The average molecular weight is 362 g/mol. The van der Waals surface area contributed by atoms with Crippen LogP contribution in [-0.4, -0.2) is 20.6 Å². The van der Waals surface area contributed by atoms with Crippen LogP contribution in [-0.2, 0) is 11.3 Å². The number of benzene rings is 1. The van der Waals surface area contributed by atoms with Crippen molar-refractivity contribution in [3.05, 3.63) is 86.6 Å². The van der Waals surface area contributed by atoms with Crippen molar-refractivity contribution in [1.82, 2.24) is 9.55 Å². The highest BCUT2D eigenvalue weighted by Gasteiger charge is 2.30. The van der Waals surface area contributed by atoms with Gasteiger partial charge in [-0.05, 0) is 43.7 Å². The van der Waals surface area contributed by atoms with Crippen LogP contribution in [0.15, 0.2) is 47.3 Å². The number of aryl methyl sites for hydroxylation is 2. The number of fused-ring (bicyclic) bond motifs is 1. The number of nitrogens with zero attached hydrogens (tertiary/aromatic N) is 1. The maximum atomic E-state index is 12.1. The molecule has 1 aromatic carbocycles. The van der Waals surface area contributed by atoms with Gasteiger partial charge in [0.15, 0.2) is 0 Å². The van der Waals surface area contributed by atoms with Crippen LogP contribution in [0.2, 0.25) is 0 Å². The lowest BCUT2D eigenvalue weighted by atomic mass is 10.1. The highest BCUT2D eigenvalue weighted by atomic mass is 16.5. The SMILES string of the molecule is Cc1cc2c(c(=O)[nH]1)C(=O)O/C2=C\c1ccc(CO)n1-c1ccccc1C. The van der Waals surface area contributed by atoms with Crippen molar-refractivity contribution in [3.63, 3.8) is 0 Å². The molecule has 0 aliphatic carbocycles. The van der Waals surface area contributed by atoms with Crippen molar-refractivity contribution in [2.75, 3.05) is 0 Å². The second-order valence-electron chi connectivity index (χ2n) is 6.50. The van der Waals surface area contributed by atoms with Crippen molar-refractivity contribution in [1.29, 1.82) is 0 Å². The van der Waals surface area contributed by atoms with Gasteiger partial charge in [0.05, 0.1) is 6.61 Å². The number of nitrogens with one attached hydrogen (secondary N) is 1. The Morgan fingerprint density at radius 3 is 2.67 bits per heavy atom. The van der Waals surface area contributed by atoms with E-state index in [1.807, 2.05) is 47.9 Å². The molecule has 4 rings (SSSR count). The summed E-state index contributed by atoms with van der Waals surface area (Å²) in [5.41, 5.74) is 4.10. The molecule has 1 aliphatic rings. The molecule has 0 atom stereocenters. The fourth-order valence-electron chi connectivity index (χ4n) is 3.37. The first-order valence-electron chi connectivity index (χ1n) is 8.55. The third-order valence-corrected chi connectivity index (χ3v) is 4.63. The average Bonchev–Trinajstić information content (AvgIpc) is 3.16. The number of pyridine rings is 1. The van der Waals surface area contributed by atoms with Crippen LogP contribution < -0.4 is 5.56 Å². The van der Waals surface area contributed by atoms with Crippen LogP contribution in [0.4, 0.5) is 0 Å². The van der Waals surface area contributed by atoms with Gasteiger partial charge >= 0.3 is 5.97 Å².